The van der Waals surface area contributed by atoms with Gasteiger partial charge in [0, 0.05) is 24.8 Å². The molecule has 35 heavy (non-hydrogen) atoms. The molecule has 0 aliphatic carbocycles. The number of benzene rings is 3. The molecule has 10 heteroatoms. The van der Waals surface area contributed by atoms with Crippen molar-refractivity contribution in [3.63, 3.8) is 0 Å². The van der Waals surface area contributed by atoms with Gasteiger partial charge in [-0.25, -0.2) is 18.7 Å². The van der Waals surface area contributed by atoms with Gasteiger partial charge in [0.1, 0.15) is 11.6 Å². The first-order valence-corrected chi connectivity index (χ1v) is 12.0. The molecule has 0 unspecified atom stereocenters. The maximum atomic E-state index is 14.1. The van der Waals surface area contributed by atoms with Crippen LogP contribution in [0, 0.1) is 11.6 Å². The van der Waals surface area contributed by atoms with E-state index in [9.17, 15) is 13.6 Å². The van der Waals surface area contributed by atoms with Crippen LogP contribution in [0.3, 0.4) is 0 Å². The van der Waals surface area contributed by atoms with E-state index in [0.717, 1.165) is 34.1 Å². The van der Waals surface area contributed by atoms with E-state index < -0.39 is 11.6 Å². The van der Waals surface area contributed by atoms with Gasteiger partial charge in [-0.2, -0.15) is 0 Å². The van der Waals surface area contributed by atoms with Crippen LogP contribution in [-0.4, -0.2) is 33.9 Å². The van der Waals surface area contributed by atoms with Gasteiger partial charge in [0.05, 0.1) is 43.7 Å². The quantitative estimate of drug-likeness (QED) is 0.249. The largest absolute Gasteiger partial charge is 0.371 e. The van der Waals surface area contributed by atoms with Crippen LogP contribution < -0.4 is 15.5 Å². The zero-order valence-electron chi connectivity index (χ0n) is 19.0. The second kappa shape index (κ2) is 9.30. The van der Waals surface area contributed by atoms with Crippen molar-refractivity contribution in [1.82, 2.24) is 15.0 Å². The third kappa shape index (κ3) is 4.52. The second-order valence-electron chi connectivity index (χ2n) is 7.88. The van der Waals surface area contributed by atoms with E-state index in [1.54, 1.807) is 11.6 Å². The maximum absolute atomic E-state index is 14.1. The number of nitrogens with one attached hydrogen (secondary N) is 3. The third-order valence-corrected chi connectivity index (χ3v) is 6.51. The first-order valence-electron chi connectivity index (χ1n) is 11.1. The molecule has 3 N–H and O–H groups in total. The van der Waals surface area contributed by atoms with Crippen LogP contribution in [0.2, 0.25) is 0 Å². The minimum Gasteiger partial charge on any atom is -0.371 e. The Morgan fingerprint density at radius 3 is 2.69 bits per heavy atom. The summed E-state index contributed by atoms with van der Waals surface area (Å²) in [5, 5.41) is 5.76. The highest BCUT2D eigenvalue weighted by Gasteiger charge is 2.19. The van der Waals surface area contributed by atoms with Crippen LogP contribution in [0.1, 0.15) is 24.2 Å². The first kappa shape index (κ1) is 22.7. The zero-order chi connectivity index (χ0) is 24.5. The van der Waals surface area contributed by atoms with Crippen molar-refractivity contribution in [1.29, 1.82) is 0 Å². The lowest BCUT2D eigenvalue weighted by Crippen LogP contribution is -2.25. The molecule has 0 spiro atoms. The number of imidazole rings is 1. The minimum absolute atomic E-state index is 0.0375. The van der Waals surface area contributed by atoms with Gasteiger partial charge in [-0.15, -0.1) is 11.3 Å². The predicted octanol–water partition coefficient (Wildman–Crippen LogP) is 6.29. The van der Waals surface area contributed by atoms with E-state index in [1.807, 2.05) is 38.1 Å². The lowest BCUT2D eigenvalue weighted by atomic mass is 10.1. The Hall–Kier alpha value is -4.05. The Bertz CT molecular complexity index is 1540. The molecule has 7 nitrogen and oxygen atoms in total. The lowest BCUT2D eigenvalue weighted by molar-refractivity contribution is 0.102. The molecule has 0 aliphatic rings. The Morgan fingerprint density at radius 2 is 1.89 bits per heavy atom. The highest BCUT2D eigenvalue weighted by molar-refractivity contribution is 7.16. The number of aromatic nitrogens is 3. The first-order chi connectivity index (χ1) is 16.9. The lowest BCUT2D eigenvalue weighted by Gasteiger charge is -2.23. The number of rotatable bonds is 7. The van der Waals surface area contributed by atoms with Gasteiger partial charge >= 0.3 is 0 Å². The molecule has 5 aromatic rings. The number of fused-ring (bicyclic) bond motifs is 2. The van der Waals surface area contributed by atoms with E-state index in [4.69, 9.17) is 0 Å². The fraction of sp³-hybridized carbons (Fsp3) is 0.160. The smallest absolute Gasteiger partial charge is 0.257 e. The number of amides is 1. The number of carbonyl (C=O) groups excluding carboxylic acids is 1. The van der Waals surface area contributed by atoms with Crippen molar-refractivity contribution in [2.45, 2.75) is 13.8 Å². The van der Waals surface area contributed by atoms with Crippen molar-refractivity contribution in [3.05, 3.63) is 71.2 Å². The molecule has 0 bridgehead atoms. The number of hydrogen-bond acceptors (Lipinski definition) is 6. The Balaban J connectivity index is 1.52. The molecule has 0 fully saturated rings. The molecule has 2 aromatic heterocycles. The van der Waals surface area contributed by atoms with Crippen LogP contribution in [0.4, 0.5) is 31.8 Å². The summed E-state index contributed by atoms with van der Waals surface area (Å²) in [4.78, 5) is 27.3. The number of aromatic amines is 1. The summed E-state index contributed by atoms with van der Waals surface area (Å²) in [7, 11) is 0. The summed E-state index contributed by atoms with van der Waals surface area (Å²) in [5.41, 5.74) is 5.66. The summed E-state index contributed by atoms with van der Waals surface area (Å²) in [6, 6.07) is 12.3. The van der Waals surface area contributed by atoms with Gasteiger partial charge in [0.15, 0.2) is 0 Å². The number of nitrogens with zero attached hydrogens (tertiary/aromatic N) is 3. The van der Waals surface area contributed by atoms with E-state index in [1.165, 1.54) is 11.3 Å². The molecule has 178 valence electrons. The highest BCUT2D eigenvalue weighted by Crippen LogP contribution is 2.30. The van der Waals surface area contributed by atoms with Crippen LogP contribution in [-0.2, 0) is 0 Å². The molecule has 0 saturated carbocycles. The fourth-order valence-electron chi connectivity index (χ4n) is 3.96. The molecular weight excluding hydrogens is 470 g/mol. The van der Waals surface area contributed by atoms with Crippen molar-refractivity contribution < 1.29 is 13.6 Å². The number of thiazole rings is 1. The number of anilines is 4. The van der Waals surface area contributed by atoms with Crippen molar-refractivity contribution in [2.24, 2.45) is 0 Å². The van der Waals surface area contributed by atoms with Crippen LogP contribution in [0.25, 0.3) is 21.3 Å². The van der Waals surface area contributed by atoms with Gasteiger partial charge in [-0.1, -0.05) is 0 Å². The molecule has 5 rings (SSSR count). The molecule has 2 heterocycles. The topological polar surface area (TPSA) is 85.9 Å². The molecule has 0 radical (unpaired) electrons. The molecule has 1 amide bonds. The minimum atomic E-state index is -0.603. The van der Waals surface area contributed by atoms with Gasteiger partial charge in [0.25, 0.3) is 5.91 Å². The third-order valence-electron chi connectivity index (χ3n) is 5.72. The van der Waals surface area contributed by atoms with Gasteiger partial charge < -0.3 is 20.5 Å². The van der Waals surface area contributed by atoms with Crippen molar-refractivity contribution in [3.8, 4) is 0 Å². The fourth-order valence-corrected chi connectivity index (χ4v) is 4.68. The molecular formula is C25H22F2N6OS. The summed E-state index contributed by atoms with van der Waals surface area (Å²) < 4.78 is 28.6. The van der Waals surface area contributed by atoms with Gasteiger partial charge in [0.2, 0.25) is 5.95 Å². The van der Waals surface area contributed by atoms with Crippen LogP contribution >= 0.6 is 11.3 Å². The Morgan fingerprint density at radius 1 is 1.06 bits per heavy atom. The average molecular weight is 493 g/mol. The van der Waals surface area contributed by atoms with E-state index in [2.05, 4.69) is 30.5 Å². The summed E-state index contributed by atoms with van der Waals surface area (Å²) in [5.74, 6) is -1.20. The van der Waals surface area contributed by atoms with E-state index in [0.29, 0.717) is 35.4 Å². The maximum Gasteiger partial charge on any atom is 0.257 e. The SMILES string of the molecule is CCN(CC)c1cc2nc(Nc3cc(F)ccc3F)[nH]c2cc1C(=O)Nc1ccc2ncsc2c1. The van der Waals surface area contributed by atoms with E-state index in [-0.39, 0.29) is 17.5 Å². The second-order valence-corrected chi connectivity index (χ2v) is 8.77. The van der Waals surface area contributed by atoms with Crippen molar-refractivity contribution >= 4 is 61.5 Å². The number of carbonyl (C=O) groups is 1. The standard InChI is InChI=1S/C25H22F2N6OS/c1-3-33(4-2)22-12-21-20(31-25(32-21)30-19-9-14(26)5-7-17(19)27)11-16(22)24(34)29-15-6-8-18-23(10-15)35-13-28-18/h5-13H,3-4H2,1-2H3,(H,29,34)(H2,30,31,32). The molecule has 0 atom stereocenters. The highest BCUT2D eigenvalue weighted by atomic mass is 32.1. The van der Waals surface area contributed by atoms with Crippen LogP contribution in [0.15, 0.2) is 54.0 Å². The Kier molecular flexibility index (Phi) is 6.04. The van der Waals surface area contributed by atoms with E-state index >= 15 is 0 Å². The monoisotopic (exact) mass is 492 g/mol. The van der Waals surface area contributed by atoms with Crippen molar-refractivity contribution in [2.75, 3.05) is 28.6 Å². The summed E-state index contributed by atoms with van der Waals surface area (Å²) in [6.45, 7) is 5.41. The number of halogens is 2. The summed E-state index contributed by atoms with van der Waals surface area (Å²) in [6.07, 6.45) is 0. The predicted molar refractivity (Wildman–Crippen MR) is 137 cm³/mol. The molecule has 3 aromatic carbocycles. The van der Waals surface area contributed by atoms with Gasteiger partial charge in [-0.05, 0) is 56.3 Å². The number of hydrogen-bond donors (Lipinski definition) is 3. The van der Waals surface area contributed by atoms with Gasteiger partial charge in [-0.3, -0.25) is 4.79 Å². The van der Waals surface area contributed by atoms with Crippen LogP contribution in [0.5, 0.6) is 0 Å². The normalized spacial score (nSPS) is 11.2. The zero-order valence-corrected chi connectivity index (χ0v) is 19.8. The average Bonchev–Trinajstić information content (AvgIpc) is 3.47. The number of H-pyrrole nitrogens is 1. The Labute approximate surface area is 203 Å². The summed E-state index contributed by atoms with van der Waals surface area (Å²) >= 11 is 1.51. The molecule has 0 aliphatic heterocycles. The molecule has 0 saturated heterocycles.